The summed E-state index contributed by atoms with van der Waals surface area (Å²) in [5, 5.41) is 18.6. The molecule has 0 fully saturated rings. The van der Waals surface area contributed by atoms with Gasteiger partial charge < -0.3 is 20.7 Å². The zero-order valence-corrected chi connectivity index (χ0v) is 18.8. The van der Waals surface area contributed by atoms with E-state index in [1.165, 1.54) is 19.2 Å². The van der Waals surface area contributed by atoms with Crippen LogP contribution in [-0.4, -0.2) is 51.6 Å². The van der Waals surface area contributed by atoms with Crippen molar-refractivity contribution in [3.05, 3.63) is 70.8 Å². The zero-order valence-electron chi connectivity index (χ0n) is 18.8. The zero-order chi connectivity index (χ0) is 24.2. The van der Waals surface area contributed by atoms with Crippen molar-refractivity contribution in [1.82, 2.24) is 20.4 Å². The van der Waals surface area contributed by atoms with E-state index in [0.29, 0.717) is 40.6 Å². The number of methoxy groups -OCH3 is 1. The van der Waals surface area contributed by atoms with Crippen molar-refractivity contribution >= 4 is 11.6 Å². The topological polar surface area (TPSA) is 136 Å². The number of benzene rings is 1. The van der Waals surface area contributed by atoms with Gasteiger partial charge in [-0.15, -0.1) is 0 Å². The number of hydroxylamine groups is 1. The summed E-state index contributed by atoms with van der Waals surface area (Å²) in [6, 6.07) is 9.90. The van der Waals surface area contributed by atoms with E-state index in [2.05, 4.69) is 20.4 Å². The molecule has 0 amide bonds. The van der Waals surface area contributed by atoms with E-state index in [-0.39, 0.29) is 24.3 Å². The van der Waals surface area contributed by atoms with Gasteiger partial charge in [0.2, 0.25) is 11.8 Å². The molecule has 9 nitrogen and oxygen atoms in total. The lowest BCUT2D eigenvalue weighted by molar-refractivity contribution is -0.0191. The molecule has 178 valence electrons. The van der Waals surface area contributed by atoms with E-state index < -0.39 is 12.7 Å². The van der Waals surface area contributed by atoms with Gasteiger partial charge in [0.1, 0.15) is 18.5 Å². The molecule has 0 saturated heterocycles. The molecule has 2 atom stereocenters. The van der Waals surface area contributed by atoms with Gasteiger partial charge in [-0.25, -0.2) is 19.3 Å². The molecule has 0 bridgehead atoms. The number of pyridine rings is 1. The molecule has 2 aromatic heterocycles. The van der Waals surface area contributed by atoms with Crippen molar-refractivity contribution in [1.29, 1.82) is 0 Å². The molecule has 0 aliphatic heterocycles. The predicted octanol–water partition coefficient (Wildman–Crippen LogP) is 2.13. The molecule has 0 radical (unpaired) electrons. The van der Waals surface area contributed by atoms with Gasteiger partial charge in [-0.05, 0) is 30.7 Å². The van der Waals surface area contributed by atoms with Crippen molar-refractivity contribution in [2.45, 2.75) is 25.4 Å². The number of hydrogen-bond donors (Lipinski definition) is 4. The molecule has 1 aliphatic rings. The second-order valence-electron chi connectivity index (χ2n) is 7.93. The summed E-state index contributed by atoms with van der Waals surface area (Å²) in [6.45, 7) is 1.27. The number of hydrogen-bond acceptors (Lipinski definition) is 9. The first kappa shape index (κ1) is 23.6. The molecule has 2 heterocycles. The minimum atomic E-state index is -1.03. The largest absolute Gasteiger partial charge is 0.481 e. The summed E-state index contributed by atoms with van der Waals surface area (Å²) in [7, 11) is 1.53. The van der Waals surface area contributed by atoms with Gasteiger partial charge in [-0.3, -0.25) is 10.3 Å². The number of nitrogen functional groups attached to an aromatic ring is 1. The first-order valence-corrected chi connectivity index (χ1v) is 10.7. The third kappa shape index (κ3) is 4.98. The van der Waals surface area contributed by atoms with Crippen LogP contribution in [0.4, 0.5) is 10.3 Å². The van der Waals surface area contributed by atoms with Crippen LogP contribution in [0.25, 0.3) is 17.0 Å². The van der Waals surface area contributed by atoms with Gasteiger partial charge in [-0.2, -0.15) is 0 Å². The number of rotatable bonds is 8. The molecule has 3 aromatic rings. The summed E-state index contributed by atoms with van der Waals surface area (Å²) in [5.41, 5.74) is 13.5. The van der Waals surface area contributed by atoms with Crippen LogP contribution in [-0.2, 0) is 11.3 Å². The Morgan fingerprint density at radius 3 is 2.82 bits per heavy atom. The molecule has 5 N–H and O–H groups in total. The highest BCUT2D eigenvalue weighted by atomic mass is 19.1. The van der Waals surface area contributed by atoms with Gasteiger partial charge in [0, 0.05) is 29.5 Å². The van der Waals surface area contributed by atoms with Gasteiger partial charge in [0.25, 0.3) is 0 Å². The molecular formula is C24H26FN5O4. The molecule has 4 rings (SSSR count). The standard InChI is InChI=1S/C24H26FN5O4/c1-13-23-20(29-24(26)27-13)8-14(9-21(23)30-34-12-16(32)11-31)17-7-6-15(25)10-18(17)19-4-3-5-22(28-19)33-2/h3-7,9-10,14,16,30-32H,8,11-12H2,1-2H3,(H2,26,27,29)/t14-,16-/m1/s1. The van der Waals surface area contributed by atoms with Crippen molar-refractivity contribution in [3.8, 4) is 17.1 Å². The fourth-order valence-corrected chi connectivity index (χ4v) is 4.01. The second-order valence-corrected chi connectivity index (χ2v) is 7.93. The fourth-order valence-electron chi connectivity index (χ4n) is 4.01. The lowest BCUT2D eigenvalue weighted by atomic mass is 9.83. The summed E-state index contributed by atoms with van der Waals surface area (Å²) in [5.74, 6) is -0.0300. The van der Waals surface area contributed by atoms with Crippen LogP contribution in [0.1, 0.15) is 28.4 Å². The SMILES string of the molecule is COc1cccc(-c2cc(F)ccc2[C@H]2C=C(NOC[C@H](O)CO)c3c(C)nc(N)nc3C2)n1. The Morgan fingerprint density at radius 2 is 2.06 bits per heavy atom. The average molecular weight is 468 g/mol. The number of nitrogens with two attached hydrogens (primary N) is 1. The highest BCUT2D eigenvalue weighted by Gasteiger charge is 2.27. The highest BCUT2D eigenvalue weighted by Crippen LogP contribution is 2.38. The number of nitrogens with one attached hydrogen (secondary N) is 1. The van der Waals surface area contributed by atoms with Crippen LogP contribution >= 0.6 is 0 Å². The first-order chi connectivity index (χ1) is 16.4. The molecule has 34 heavy (non-hydrogen) atoms. The van der Waals surface area contributed by atoms with E-state index >= 15 is 0 Å². The Kier molecular flexibility index (Phi) is 7.01. The summed E-state index contributed by atoms with van der Waals surface area (Å²) < 4.78 is 19.5. The number of aryl methyl sites for hydroxylation is 1. The lowest BCUT2D eigenvalue weighted by Crippen LogP contribution is -2.27. The van der Waals surface area contributed by atoms with Crippen LogP contribution < -0.4 is 16.0 Å². The maximum atomic E-state index is 14.3. The summed E-state index contributed by atoms with van der Waals surface area (Å²) >= 11 is 0. The maximum Gasteiger partial charge on any atom is 0.220 e. The van der Waals surface area contributed by atoms with E-state index in [1.807, 2.05) is 13.0 Å². The van der Waals surface area contributed by atoms with Crippen molar-refractivity contribution in [2.24, 2.45) is 0 Å². The Hall–Kier alpha value is -3.60. The maximum absolute atomic E-state index is 14.3. The minimum absolute atomic E-state index is 0.127. The van der Waals surface area contributed by atoms with Gasteiger partial charge in [0.15, 0.2) is 0 Å². The molecule has 0 spiro atoms. The minimum Gasteiger partial charge on any atom is -0.481 e. The number of ether oxygens (including phenoxy) is 1. The molecule has 10 heteroatoms. The van der Waals surface area contributed by atoms with Gasteiger partial charge in [-0.1, -0.05) is 18.2 Å². The number of halogens is 1. The molecule has 0 unspecified atom stereocenters. The third-order valence-electron chi connectivity index (χ3n) is 5.52. The van der Waals surface area contributed by atoms with Gasteiger partial charge >= 0.3 is 0 Å². The number of aliphatic hydroxyl groups is 2. The van der Waals surface area contributed by atoms with E-state index in [1.54, 1.807) is 24.3 Å². The van der Waals surface area contributed by atoms with Crippen LogP contribution in [0.5, 0.6) is 5.88 Å². The molecular weight excluding hydrogens is 441 g/mol. The number of anilines is 1. The monoisotopic (exact) mass is 467 g/mol. The highest BCUT2D eigenvalue weighted by molar-refractivity contribution is 5.73. The van der Waals surface area contributed by atoms with Gasteiger partial charge in [0.05, 0.1) is 36.5 Å². The summed E-state index contributed by atoms with van der Waals surface area (Å²) in [4.78, 5) is 18.6. The third-order valence-corrected chi connectivity index (χ3v) is 5.52. The van der Waals surface area contributed by atoms with Crippen LogP contribution in [0.15, 0.2) is 42.5 Å². The molecule has 1 aliphatic carbocycles. The van der Waals surface area contributed by atoms with E-state index in [0.717, 1.165) is 11.1 Å². The van der Waals surface area contributed by atoms with E-state index in [9.17, 15) is 9.50 Å². The first-order valence-electron chi connectivity index (χ1n) is 10.7. The van der Waals surface area contributed by atoms with Crippen molar-refractivity contribution < 1.29 is 24.2 Å². The Bertz CT molecular complexity index is 1220. The van der Waals surface area contributed by atoms with E-state index in [4.69, 9.17) is 20.4 Å². The average Bonchev–Trinajstić information content (AvgIpc) is 2.83. The quantitative estimate of drug-likeness (QED) is 0.367. The second kappa shape index (κ2) is 10.1. The van der Waals surface area contributed by atoms with Crippen molar-refractivity contribution in [2.75, 3.05) is 26.1 Å². The number of fused-ring (bicyclic) bond motifs is 1. The molecule has 1 aromatic carbocycles. The number of allylic oxidation sites excluding steroid dienone is 1. The summed E-state index contributed by atoms with van der Waals surface area (Å²) in [6.07, 6.45) is 1.41. The van der Waals surface area contributed by atoms with Crippen LogP contribution in [0, 0.1) is 12.7 Å². The fraction of sp³-hybridized carbons (Fsp3) is 0.292. The normalized spacial score (nSPS) is 15.9. The van der Waals surface area contributed by atoms with Crippen LogP contribution in [0.2, 0.25) is 0 Å². The number of nitrogens with zero attached hydrogens (tertiary/aromatic N) is 3. The Balaban J connectivity index is 1.77. The number of aromatic nitrogens is 3. The molecule has 0 saturated carbocycles. The Labute approximate surface area is 196 Å². The Morgan fingerprint density at radius 1 is 1.24 bits per heavy atom. The van der Waals surface area contributed by atoms with Crippen molar-refractivity contribution in [3.63, 3.8) is 0 Å². The smallest absolute Gasteiger partial charge is 0.220 e. The predicted molar refractivity (Wildman–Crippen MR) is 124 cm³/mol. The lowest BCUT2D eigenvalue weighted by Gasteiger charge is -2.27. The van der Waals surface area contributed by atoms with Crippen LogP contribution in [0.3, 0.4) is 0 Å². The number of aliphatic hydroxyl groups excluding tert-OH is 2.